The van der Waals surface area contributed by atoms with E-state index in [0.29, 0.717) is 5.69 Å². The van der Waals surface area contributed by atoms with Crippen molar-refractivity contribution >= 4 is 33.5 Å². The molecular weight excluding hydrogens is 262 g/mol. The Morgan fingerprint density at radius 1 is 1.20 bits per heavy atom. The van der Waals surface area contributed by atoms with E-state index in [9.17, 15) is 9.59 Å². The van der Waals surface area contributed by atoms with Gasteiger partial charge in [-0.1, -0.05) is 15.9 Å². The SMILES string of the molecule is O=C(O)C=CC(=O)Nc1ccc(Br)cc1. The van der Waals surface area contributed by atoms with E-state index >= 15 is 0 Å². The number of nitrogens with one attached hydrogen (secondary N) is 1. The molecule has 0 saturated heterocycles. The van der Waals surface area contributed by atoms with E-state index in [2.05, 4.69) is 21.2 Å². The number of carbonyl (C=O) groups excluding carboxylic acids is 1. The number of anilines is 1. The van der Waals surface area contributed by atoms with Gasteiger partial charge in [0.2, 0.25) is 5.91 Å². The summed E-state index contributed by atoms with van der Waals surface area (Å²) in [4.78, 5) is 21.3. The predicted molar refractivity (Wildman–Crippen MR) is 59.5 cm³/mol. The largest absolute Gasteiger partial charge is 0.478 e. The third-order valence-corrected chi connectivity index (χ3v) is 2.02. The van der Waals surface area contributed by atoms with Crippen LogP contribution in [0.25, 0.3) is 0 Å². The summed E-state index contributed by atoms with van der Waals surface area (Å²) >= 11 is 3.26. The van der Waals surface area contributed by atoms with Crippen LogP contribution in [-0.2, 0) is 9.59 Å². The van der Waals surface area contributed by atoms with Crippen LogP contribution in [0.5, 0.6) is 0 Å². The lowest BCUT2D eigenvalue weighted by molar-refractivity contribution is -0.131. The number of carboxylic acid groups (broad SMARTS) is 1. The maximum atomic E-state index is 11.1. The Hall–Kier alpha value is -1.62. The minimum Gasteiger partial charge on any atom is -0.478 e. The highest BCUT2D eigenvalue weighted by Gasteiger charge is 1.98. The molecule has 0 unspecified atom stereocenters. The summed E-state index contributed by atoms with van der Waals surface area (Å²) in [6, 6.07) is 6.96. The third-order valence-electron chi connectivity index (χ3n) is 1.49. The fourth-order valence-corrected chi connectivity index (χ4v) is 1.13. The van der Waals surface area contributed by atoms with Crippen molar-refractivity contribution in [1.82, 2.24) is 0 Å². The third kappa shape index (κ3) is 4.42. The van der Waals surface area contributed by atoms with Gasteiger partial charge in [0.25, 0.3) is 0 Å². The quantitative estimate of drug-likeness (QED) is 0.826. The number of hydrogen-bond acceptors (Lipinski definition) is 2. The van der Waals surface area contributed by atoms with Crippen molar-refractivity contribution in [3.8, 4) is 0 Å². The average molecular weight is 270 g/mol. The molecular formula is C10H8BrNO3. The van der Waals surface area contributed by atoms with E-state index in [1.807, 2.05) is 0 Å². The molecule has 0 aromatic heterocycles. The summed E-state index contributed by atoms with van der Waals surface area (Å²) in [5.74, 6) is -1.62. The Kier molecular flexibility index (Phi) is 4.05. The van der Waals surface area contributed by atoms with E-state index in [-0.39, 0.29) is 0 Å². The van der Waals surface area contributed by atoms with Gasteiger partial charge in [-0.2, -0.15) is 0 Å². The number of benzene rings is 1. The highest BCUT2D eigenvalue weighted by atomic mass is 79.9. The van der Waals surface area contributed by atoms with Crippen LogP contribution in [-0.4, -0.2) is 17.0 Å². The zero-order valence-corrected chi connectivity index (χ0v) is 9.19. The van der Waals surface area contributed by atoms with E-state index in [1.165, 1.54) is 0 Å². The van der Waals surface area contributed by atoms with Gasteiger partial charge in [-0.15, -0.1) is 0 Å². The van der Waals surface area contributed by atoms with Crippen LogP contribution in [0.15, 0.2) is 40.9 Å². The van der Waals surface area contributed by atoms with Crippen LogP contribution in [0.4, 0.5) is 5.69 Å². The molecule has 0 aliphatic carbocycles. The van der Waals surface area contributed by atoms with Crippen molar-refractivity contribution in [2.45, 2.75) is 0 Å². The molecule has 1 aromatic rings. The molecule has 1 rings (SSSR count). The zero-order chi connectivity index (χ0) is 11.3. The molecule has 0 bridgehead atoms. The van der Waals surface area contributed by atoms with Crippen LogP contribution in [0, 0.1) is 0 Å². The second kappa shape index (κ2) is 5.31. The Morgan fingerprint density at radius 3 is 2.33 bits per heavy atom. The minimum absolute atomic E-state index is 0.472. The molecule has 15 heavy (non-hydrogen) atoms. The lowest BCUT2D eigenvalue weighted by atomic mass is 10.3. The van der Waals surface area contributed by atoms with E-state index in [4.69, 9.17) is 5.11 Å². The number of hydrogen-bond donors (Lipinski definition) is 2. The van der Waals surface area contributed by atoms with Gasteiger partial charge in [0.15, 0.2) is 0 Å². The molecule has 0 heterocycles. The van der Waals surface area contributed by atoms with Gasteiger partial charge in [0.1, 0.15) is 0 Å². The Balaban J connectivity index is 2.59. The number of amides is 1. The molecule has 4 nitrogen and oxygen atoms in total. The zero-order valence-electron chi connectivity index (χ0n) is 7.61. The first-order valence-electron chi connectivity index (χ1n) is 4.05. The summed E-state index contributed by atoms with van der Waals surface area (Å²) in [5.41, 5.74) is 0.609. The lowest BCUT2D eigenvalue weighted by Crippen LogP contribution is -2.08. The Bertz CT molecular complexity index is 398. The highest BCUT2D eigenvalue weighted by molar-refractivity contribution is 9.10. The molecule has 0 spiro atoms. The molecule has 0 fully saturated rings. The molecule has 0 aliphatic rings. The van der Waals surface area contributed by atoms with Crippen molar-refractivity contribution in [3.63, 3.8) is 0 Å². The van der Waals surface area contributed by atoms with Crippen molar-refractivity contribution < 1.29 is 14.7 Å². The summed E-state index contributed by atoms with van der Waals surface area (Å²) in [7, 11) is 0. The van der Waals surface area contributed by atoms with E-state index in [1.54, 1.807) is 24.3 Å². The van der Waals surface area contributed by atoms with Crippen LogP contribution in [0.2, 0.25) is 0 Å². The van der Waals surface area contributed by atoms with E-state index in [0.717, 1.165) is 16.6 Å². The van der Waals surface area contributed by atoms with Gasteiger partial charge in [0, 0.05) is 22.3 Å². The number of halogens is 1. The van der Waals surface area contributed by atoms with Gasteiger partial charge >= 0.3 is 5.97 Å². The maximum absolute atomic E-state index is 11.1. The summed E-state index contributed by atoms with van der Waals surface area (Å²) in [5, 5.41) is 10.8. The number of rotatable bonds is 3. The van der Waals surface area contributed by atoms with Gasteiger partial charge in [-0.3, -0.25) is 4.79 Å². The van der Waals surface area contributed by atoms with Gasteiger partial charge < -0.3 is 10.4 Å². The molecule has 78 valence electrons. The maximum Gasteiger partial charge on any atom is 0.328 e. The van der Waals surface area contributed by atoms with Crippen molar-refractivity contribution in [3.05, 3.63) is 40.9 Å². The normalized spacial score (nSPS) is 10.2. The Labute approximate surface area is 94.7 Å². The molecule has 0 radical (unpaired) electrons. The van der Waals surface area contributed by atoms with Gasteiger partial charge in [-0.05, 0) is 24.3 Å². The average Bonchev–Trinajstić information content (AvgIpc) is 2.19. The van der Waals surface area contributed by atoms with Crippen LogP contribution in [0.3, 0.4) is 0 Å². The summed E-state index contributed by atoms with van der Waals surface area (Å²) in [6.07, 6.45) is 1.75. The van der Waals surface area contributed by atoms with Crippen molar-refractivity contribution in [1.29, 1.82) is 0 Å². The first kappa shape index (κ1) is 11.5. The molecule has 0 atom stereocenters. The fraction of sp³-hybridized carbons (Fsp3) is 0. The number of carboxylic acids is 1. The second-order valence-electron chi connectivity index (χ2n) is 2.67. The van der Waals surface area contributed by atoms with Crippen molar-refractivity contribution in [2.24, 2.45) is 0 Å². The molecule has 1 amide bonds. The number of aliphatic carboxylic acids is 1. The smallest absolute Gasteiger partial charge is 0.328 e. The van der Waals surface area contributed by atoms with Crippen molar-refractivity contribution in [2.75, 3.05) is 5.32 Å². The Morgan fingerprint density at radius 2 is 1.80 bits per heavy atom. The summed E-state index contributed by atoms with van der Waals surface area (Å²) < 4.78 is 0.904. The second-order valence-corrected chi connectivity index (χ2v) is 3.58. The van der Waals surface area contributed by atoms with Crippen LogP contribution < -0.4 is 5.32 Å². The minimum atomic E-state index is -1.15. The fourth-order valence-electron chi connectivity index (χ4n) is 0.864. The lowest BCUT2D eigenvalue weighted by Gasteiger charge is -2.00. The van der Waals surface area contributed by atoms with E-state index < -0.39 is 11.9 Å². The first-order chi connectivity index (χ1) is 7.08. The molecule has 0 aliphatic heterocycles. The molecule has 2 N–H and O–H groups in total. The first-order valence-corrected chi connectivity index (χ1v) is 4.85. The molecule has 5 heteroatoms. The predicted octanol–water partition coefficient (Wildman–Crippen LogP) is 2.03. The standard InChI is InChI=1S/C10H8BrNO3/c11-7-1-3-8(4-2-7)12-9(13)5-6-10(14)15/h1-6H,(H,12,13)(H,14,15). The molecule has 0 saturated carbocycles. The van der Waals surface area contributed by atoms with Gasteiger partial charge in [-0.25, -0.2) is 4.79 Å². The van der Waals surface area contributed by atoms with Crippen LogP contribution >= 0.6 is 15.9 Å². The monoisotopic (exact) mass is 269 g/mol. The van der Waals surface area contributed by atoms with Gasteiger partial charge in [0.05, 0.1) is 0 Å². The highest BCUT2D eigenvalue weighted by Crippen LogP contribution is 2.13. The number of carbonyl (C=O) groups is 2. The topological polar surface area (TPSA) is 66.4 Å². The molecule has 1 aromatic carbocycles. The summed E-state index contributed by atoms with van der Waals surface area (Å²) in [6.45, 7) is 0. The van der Waals surface area contributed by atoms with Crippen LogP contribution in [0.1, 0.15) is 0 Å².